The van der Waals surface area contributed by atoms with Crippen LogP contribution in [0.25, 0.3) is 6.08 Å². The second kappa shape index (κ2) is 9.24. The summed E-state index contributed by atoms with van der Waals surface area (Å²) in [5.41, 5.74) is 3.45. The Balaban J connectivity index is 1.85. The lowest BCUT2D eigenvalue weighted by Crippen LogP contribution is -2.44. The van der Waals surface area contributed by atoms with Crippen LogP contribution in [0.3, 0.4) is 0 Å². The van der Waals surface area contributed by atoms with Crippen LogP contribution in [0.1, 0.15) is 36.6 Å². The second-order valence-electron chi connectivity index (χ2n) is 6.86. The Kier molecular flexibility index (Phi) is 6.50. The van der Waals surface area contributed by atoms with Gasteiger partial charge in [0.2, 0.25) is 0 Å². The van der Waals surface area contributed by atoms with Crippen LogP contribution in [0.15, 0.2) is 66.4 Å². The first kappa shape index (κ1) is 20.4. The van der Waals surface area contributed by atoms with E-state index >= 15 is 0 Å². The van der Waals surface area contributed by atoms with Crippen LogP contribution in [0, 0.1) is 6.92 Å². The van der Waals surface area contributed by atoms with Crippen molar-refractivity contribution in [3.63, 3.8) is 0 Å². The lowest BCUT2D eigenvalue weighted by molar-refractivity contribution is -0.111. The molecule has 1 aliphatic rings. The summed E-state index contributed by atoms with van der Waals surface area (Å²) in [4.78, 5) is 26.9. The SMILES string of the molecule is CCOc1ccc(C=CC(=O)C2=CN(CC)C(=O)NC2c2ccc(C)cc2)cc1. The number of ether oxygens (including phenoxy) is 1. The minimum atomic E-state index is -0.469. The molecule has 0 aliphatic carbocycles. The van der Waals surface area contributed by atoms with E-state index in [0.717, 1.165) is 22.4 Å². The maximum absolute atomic E-state index is 13.0. The van der Waals surface area contributed by atoms with Gasteiger partial charge >= 0.3 is 6.03 Å². The smallest absolute Gasteiger partial charge is 0.322 e. The van der Waals surface area contributed by atoms with Gasteiger partial charge in [-0.05, 0) is 50.1 Å². The highest BCUT2D eigenvalue weighted by molar-refractivity contribution is 6.08. The standard InChI is InChI=1S/C24H26N2O3/c1-4-26-16-21(23(25-24(26)28)19-11-6-17(3)7-12-19)22(27)15-10-18-8-13-20(14-9-18)29-5-2/h6-16,23H,4-5H2,1-3H3,(H,25,28). The summed E-state index contributed by atoms with van der Waals surface area (Å²) in [6.07, 6.45) is 4.99. The molecule has 2 aromatic rings. The highest BCUT2D eigenvalue weighted by atomic mass is 16.5. The minimum Gasteiger partial charge on any atom is -0.494 e. The molecule has 1 atom stereocenters. The molecule has 1 unspecified atom stereocenters. The first-order valence-corrected chi connectivity index (χ1v) is 9.82. The predicted octanol–water partition coefficient (Wildman–Crippen LogP) is 4.65. The molecule has 150 valence electrons. The van der Waals surface area contributed by atoms with E-state index in [-0.39, 0.29) is 11.8 Å². The van der Waals surface area contributed by atoms with Crippen molar-refractivity contribution in [1.29, 1.82) is 0 Å². The van der Waals surface area contributed by atoms with Crippen LogP contribution >= 0.6 is 0 Å². The van der Waals surface area contributed by atoms with Gasteiger partial charge in [-0.2, -0.15) is 0 Å². The van der Waals surface area contributed by atoms with Gasteiger partial charge in [-0.25, -0.2) is 4.79 Å². The van der Waals surface area contributed by atoms with E-state index < -0.39 is 6.04 Å². The van der Waals surface area contributed by atoms with Crippen molar-refractivity contribution < 1.29 is 14.3 Å². The Labute approximate surface area is 171 Å². The number of hydrogen-bond acceptors (Lipinski definition) is 3. The van der Waals surface area contributed by atoms with Gasteiger partial charge in [0.1, 0.15) is 5.75 Å². The normalized spacial score (nSPS) is 16.5. The van der Waals surface area contributed by atoms with E-state index in [1.165, 1.54) is 4.90 Å². The monoisotopic (exact) mass is 390 g/mol. The average molecular weight is 390 g/mol. The third kappa shape index (κ3) is 4.93. The Morgan fingerprint density at radius 1 is 1.10 bits per heavy atom. The maximum Gasteiger partial charge on any atom is 0.322 e. The van der Waals surface area contributed by atoms with Crippen molar-refractivity contribution >= 4 is 17.9 Å². The zero-order valence-electron chi connectivity index (χ0n) is 17.0. The summed E-state index contributed by atoms with van der Waals surface area (Å²) >= 11 is 0. The van der Waals surface area contributed by atoms with E-state index in [1.54, 1.807) is 18.4 Å². The van der Waals surface area contributed by atoms with Crippen LogP contribution in [0.2, 0.25) is 0 Å². The van der Waals surface area contributed by atoms with Gasteiger partial charge < -0.3 is 15.0 Å². The maximum atomic E-state index is 13.0. The van der Waals surface area contributed by atoms with Crippen LogP contribution < -0.4 is 10.1 Å². The van der Waals surface area contributed by atoms with Gasteiger partial charge in [0.25, 0.3) is 0 Å². The minimum absolute atomic E-state index is 0.136. The molecule has 1 aliphatic heterocycles. The summed E-state index contributed by atoms with van der Waals surface area (Å²) in [6.45, 7) is 6.92. The lowest BCUT2D eigenvalue weighted by Gasteiger charge is -2.31. The Morgan fingerprint density at radius 2 is 1.79 bits per heavy atom. The number of ketones is 1. The number of carbonyl (C=O) groups is 2. The fraction of sp³-hybridized carbons (Fsp3) is 0.250. The molecular weight excluding hydrogens is 364 g/mol. The highest BCUT2D eigenvalue weighted by Gasteiger charge is 2.30. The van der Waals surface area contributed by atoms with Gasteiger partial charge in [-0.1, -0.05) is 48.0 Å². The molecule has 5 nitrogen and oxygen atoms in total. The molecule has 0 fully saturated rings. The lowest BCUT2D eigenvalue weighted by atomic mass is 9.93. The topological polar surface area (TPSA) is 58.6 Å². The molecule has 0 radical (unpaired) electrons. The number of amides is 2. The van der Waals surface area contributed by atoms with Crippen LogP contribution in [0.4, 0.5) is 4.79 Å². The molecule has 0 spiro atoms. The largest absolute Gasteiger partial charge is 0.494 e. The number of nitrogens with zero attached hydrogens (tertiary/aromatic N) is 1. The van der Waals surface area contributed by atoms with Crippen molar-refractivity contribution in [3.05, 3.63) is 83.1 Å². The summed E-state index contributed by atoms with van der Waals surface area (Å²) in [6, 6.07) is 14.7. The fourth-order valence-electron chi connectivity index (χ4n) is 3.16. The summed E-state index contributed by atoms with van der Waals surface area (Å²) < 4.78 is 5.44. The summed E-state index contributed by atoms with van der Waals surface area (Å²) in [5.74, 6) is 0.662. The molecule has 2 amide bonds. The molecule has 1 N–H and O–H groups in total. The van der Waals surface area contributed by atoms with Crippen molar-refractivity contribution in [2.75, 3.05) is 13.2 Å². The van der Waals surface area contributed by atoms with E-state index in [9.17, 15) is 9.59 Å². The van der Waals surface area contributed by atoms with Crippen molar-refractivity contribution in [2.24, 2.45) is 0 Å². The summed E-state index contributed by atoms with van der Waals surface area (Å²) in [5, 5.41) is 2.95. The zero-order valence-corrected chi connectivity index (χ0v) is 17.0. The fourth-order valence-corrected chi connectivity index (χ4v) is 3.16. The zero-order chi connectivity index (χ0) is 20.8. The molecule has 0 aromatic heterocycles. The first-order valence-electron chi connectivity index (χ1n) is 9.82. The predicted molar refractivity (Wildman–Crippen MR) is 115 cm³/mol. The third-order valence-corrected chi connectivity index (χ3v) is 4.79. The molecule has 2 aromatic carbocycles. The summed E-state index contributed by atoms with van der Waals surface area (Å²) in [7, 11) is 0. The number of nitrogens with one attached hydrogen (secondary N) is 1. The van der Waals surface area contributed by atoms with E-state index in [2.05, 4.69) is 5.32 Å². The number of benzene rings is 2. The van der Waals surface area contributed by atoms with E-state index in [0.29, 0.717) is 18.7 Å². The molecule has 0 saturated carbocycles. The van der Waals surface area contributed by atoms with Gasteiger partial charge in [-0.3, -0.25) is 4.79 Å². The average Bonchev–Trinajstić information content (AvgIpc) is 2.73. The number of carbonyl (C=O) groups excluding carboxylic acids is 2. The van der Waals surface area contributed by atoms with Crippen molar-refractivity contribution in [3.8, 4) is 5.75 Å². The molecule has 0 saturated heterocycles. The quantitative estimate of drug-likeness (QED) is 0.701. The van der Waals surface area contributed by atoms with Gasteiger partial charge in [0.15, 0.2) is 5.78 Å². The number of hydrogen-bond donors (Lipinski definition) is 1. The first-order chi connectivity index (χ1) is 14.0. The van der Waals surface area contributed by atoms with Gasteiger partial charge in [0.05, 0.1) is 12.6 Å². The molecule has 0 bridgehead atoms. The van der Waals surface area contributed by atoms with Crippen molar-refractivity contribution in [1.82, 2.24) is 10.2 Å². The van der Waals surface area contributed by atoms with Crippen LogP contribution in [-0.2, 0) is 4.79 Å². The molecule has 1 heterocycles. The molecule has 3 rings (SSSR count). The Hall–Kier alpha value is -3.34. The van der Waals surface area contributed by atoms with Gasteiger partial charge in [-0.15, -0.1) is 0 Å². The van der Waals surface area contributed by atoms with Crippen molar-refractivity contribution in [2.45, 2.75) is 26.8 Å². The van der Waals surface area contributed by atoms with E-state index in [1.807, 2.05) is 69.3 Å². The van der Waals surface area contributed by atoms with Crippen LogP contribution in [0.5, 0.6) is 5.75 Å². The number of rotatable bonds is 7. The molecule has 29 heavy (non-hydrogen) atoms. The second-order valence-corrected chi connectivity index (χ2v) is 6.86. The number of aryl methyl sites for hydroxylation is 1. The van der Waals surface area contributed by atoms with E-state index in [4.69, 9.17) is 4.74 Å². The highest BCUT2D eigenvalue weighted by Crippen LogP contribution is 2.27. The Morgan fingerprint density at radius 3 is 2.41 bits per heavy atom. The molecular formula is C24H26N2O3. The Bertz CT molecular complexity index is 928. The van der Waals surface area contributed by atoms with Gasteiger partial charge in [0, 0.05) is 18.3 Å². The number of allylic oxidation sites excluding steroid dienone is 1. The van der Waals surface area contributed by atoms with Crippen LogP contribution in [-0.4, -0.2) is 29.9 Å². The number of urea groups is 1. The third-order valence-electron chi connectivity index (χ3n) is 4.79. The molecule has 5 heteroatoms.